The van der Waals surface area contributed by atoms with Crippen LogP contribution in [0.5, 0.6) is 11.5 Å². The van der Waals surface area contributed by atoms with E-state index in [1.54, 1.807) is 18.2 Å². The van der Waals surface area contributed by atoms with Gasteiger partial charge in [-0.25, -0.2) is 0 Å². The summed E-state index contributed by atoms with van der Waals surface area (Å²) in [4.78, 5) is 12.1. The van der Waals surface area contributed by atoms with Crippen LogP contribution in [0.15, 0.2) is 46.9 Å². The van der Waals surface area contributed by atoms with Crippen molar-refractivity contribution in [3.8, 4) is 23.3 Å². The zero-order chi connectivity index (χ0) is 17.4. The summed E-state index contributed by atoms with van der Waals surface area (Å²) in [6.45, 7) is 0.448. The summed E-state index contributed by atoms with van der Waals surface area (Å²) in [5.41, 5.74) is 0.372. The summed E-state index contributed by atoms with van der Waals surface area (Å²) >= 11 is 9.27. The molecule has 0 unspecified atom stereocenters. The predicted molar refractivity (Wildman–Crippen MR) is 97.8 cm³/mol. The quantitative estimate of drug-likeness (QED) is 0.763. The van der Waals surface area contributed by atoms with Crippen LogP contribution in [-0.2, 0) is 0 Å². The van der Waals surface area contributed by atoms with Crippen LogP contribution in [0, 0.1) is 11.8 Å². The first-order chi connectivity index (χ1) is 11.6. The van der Waals surface area contributed by atoms with Gasteiger partial charge in [-0.15, -0.1) is 0 Å². The van der Waals surface area contributed by atoms with Crippen molar-refractivity contribution in [2.75, 3.05) is 20.3 Å². The molecule has 0 aliphatic rings. The number of carbonyl (C=O) groups is 1. The summed E-state index contributed by atoms with van der Waals surface area (Å²) in [7, 11) is 1.50. The first kappa shape index (κ1) is 18.2. The number of amides is 1. The molecule has 1 amide bonds. The molecule has 6 heteroatoms. The lowest BCUT2D eigenvalue weighted by molar-refractivity contribution is 0.0955. The van der Waals surface area contributed by atoms with Crippen molar-refractivity contribution in [3.05, 3.63) is 57.5 Å². The summed E-state index contributed by atoms with van der Waals surface area (Å²) in [6.07, 6.45) is 0. The Morgan fingerprint density at radius 2 is 2.08 bits per heavy atom. The largest absolute Gasteiger partial charge is 0.496 e. The van der Waals surface area contributed by atoms with Crippen molar-refractivity contribution in [2.45, 2.75) is 0 Å². The molecule has 0 aliphatic carbocycles. The van der Waals surface area contributed by atoms with Crippen molar-refractivity contribution < 1.29 is 14.3 Å². The van der Waals surface area contributed by atoms with Gasteiger partial charge in [0.2, 0.25) is 0 Å². The van der Waals surface area contributed by atoms with Gasteiger partial charge >= 0.3 is 0 Å². The topological polar surface area (TPSA) is 47.6 Å². The lowest BCUT2D eigenvalue weighted by atomic mass is 10.2. The molecule has 0 saturated carbocycles. The van der Waals surface area contributed by atoms with E-state index < -0.39 is 0 Å². The number of benzene rings is 2. The van der Waals surface area contributed by atoms with Crippen LogP contribution in [0.4, 0.5) is 0 Å². The highest BCUT2D eigenvalue weighted by Gasteiger charge is 2.11. The van der Waals surface area contributed by atoms with Crippen LogP contribution < -0.4 is 14.8 Å². The Morgan fingerprint density at radius 1 is 1.25 bits per heavy atom. The van der Waals surface area contributed by atoms with Gasteiger partial charge in [-0.3, -0.25) is 4.79 Å². The Kier molecular flexibility index (Phi) is 6.98. The van der Waals surface area contributed by atoms with Gasteiger partial charge in [-0.2, -0.15) is 0 Å². The van der Waals surface area contributed by atoms with Crippen LogP contribution in [0.25, 0.3) is 0 Å². The number of rotatable bonds is 5. The first-order valence-corrected chi connectivity index (χ1v) is 8.23. The fourth-order valence-electron chi connectivity index (χ4n) is 1.87. The Bertz CT molecular complexity index is 783. The Balaban J connectivity index is 1.82. The maximum absolute atomic E-state index is 12.1. The van der Waals surface area contributed by atoms with Gasteiger partial charge < -0.3 is 14.8 Å². The molecule has 2 aromatic rings. The van der Waals surface area contributed by atoms with Crippen LogP contribution in [0.3, 0.4) is 0 Å². The second-order valence-corrected chi connectivity index (χ2v) is 5.98. The molecule has 0 aliphatic heterocycles. The lowest BCUT2D eigenvalue weighted by Crippen LogP contribution is -2.24. The lowest BCUT2D eigenvalue weighted by Gasteiger charge is -2.08. The fraction of sp³-hybridized carbons (Fsp3) is 0.167. The second kappa shape index (κ2) is 9.21. The van der Waals surface area contributed by atoms with Gasteiger partial charge in [-0.1, -0.05) is 45.4 Å². The summed E-state index contributed by atoms with van der Waals surface area (Å²) < 4.78 is 11.6. The number of ether oxygens (including phenoxy) is 2. The van der Waals surface area contributed by atoms with Crippen molar-refractivity contribution in [2.24, 2.45) is 0 Å². The van der Waals surface area contributed by atoms with E-state index in [9.17, 15) is 4.79 Å². The second-order valence-electron chi connectivity index (χ2n) is 4.63. The van der Waals surface area contributed by atoms with Crippen molar-refractivity contribution in [1.82, 2.24) is 5.32 Å². The molecule has 0 aromatic heterocycles. The highest BCUT2D eigenvalue weighted by Crippen LogP contribution is 2.22. The zero-order valence-corrected chi connectivity index (χ0v) is 15.3. The average Bonchev–Trinajstić information content (AvgIpc) is 2.57. The minimum absolute atomic E-state index is 0.205. The van der Waals surface area contributed by atoms with E-state index in [2.05, 4.69) is 33.1 Å². The molecule has 124 valence electrons. The van der Waals surface area contributed by atoms with E-state index in [4.69, 9.17) is 21.1 Å². The number of halogens is 2. The Hall–Kier alpha value is -2.16. The fourth-order valence-corrected chi connectivity index (χ4v) is 2.42. The van der Waals surface area contributed by atoms with Gasteiger partial charge in [0.05, 0.1) is 19.2 Å². The van der Waals surface area contributed by atoms with E-state index in [1.165, 1.54) is 7.11 Å². The molecule has 0 spiro atoms. The monoisotopic (exact) mass is 407 g/mol. The van der Waals surface area contributed by atoms with Crippen LogP contribution in [-0.4, -0.2) is 26.2 Å². The zero-order valence-electron chi connectivity index (χ0n) is 12.9. The highest BCUT2D eigenvalue weighted by molar-refractivity contribution is 9.10. The third-order valence-electron chi connectivity index (χ3n) is 2.98. The summed E-state index contributed by atoms with van der Waals surface area (Å²) in [5.74, 6) is 6.57. The van der Waals surface area contributed by atoms with E-state index >= 15 is 0 Å². The molecular weight excluding hydrogens is 394 g/mol. The average molecular weight is 409 g/mol. The minimum atomic E-state index is -0.295. The van der Waals surface area contributed by atoms with E-state index in [0.717, 1.165) is 10.2 Å². The number of carbonyl (C=O) groups excluding carboxylic acids is 1. The first-order valence-electron chi connectivity index (χ1n) is 7.06. The summed E-state index contributed by atoms with van der Waals surface area (Å²) in [5, 5.41) is 3.16. The number of nitrogens with one attached hydrogen (secondary N) is 1. The van der Waals surface area contributed by atoms with Gasteiger partial charge in [0.15, 0.2) is 0 Å². The number of hydrogen-bond donors (Lipinski definition) is 1. The smallest absolute Gasteiger partial charge is 0.255 e. The third-order valence-corrected chi connectivity index (χ3v) is 3.70. The van der Waals surface area contributed by atoms with E-state index in [0.29, 0.717) is 16.3 Å². The van der Waals surface area contributed by atoms with Gasteiger partial charge in [0.1, 0.15) is 18.1 Å². The third kappa shape index (κ3) is 5.48. The van der Waals surface area contributed by atoms with E-state index in [1.807, 2.05) is 24.3 Å². The molecule has 0 bridgehead atoms. The molecule has 4 nitrogen and oxygen atoms in total. The maximum atomic E-state index is 12.1. The molecule has 0 heterocycles. The number of hydrogen-bond acceptors (Lipinski definition) is 3. The standard InChI is InChI=1S/C18H15BrClNO3/c1-23-17-8-7-14(20)12-16(17)18(22)21-9-2-3-10-24-15-6-4-5-13(19)11-15/h4-8,11-12H,9-10H2,1H3,(H,21,22). The SMILES string of the molecule is COc1ccc(Cl)cc1C(=O)NCC#CCOc1cccc(Br)c1. The maximum Gasteiger partial charge on any atom is 0.255 e. The molecule has 1 N–H and O–H groups in total. The number of methoxy groups -OCH3 is 1. The molecule has 0 atom stereocenters. The molecule has 2 aromatic carbocycles. The van der Waals surface area contributed by atoms with Crippen LogP contribution in [0.1, 0.15) is 10.4 Å². The summed E-state index contributed by atoms with van der Waals surface area (Å²) in [6, 6.07) is 12.4. The minimum Gasteiger partial charge on any atom is -0.496 e. The Labute approximate surface area is 154 Å². The molecule has 24 heavy (non-hydrogen) atoms. The van der Waals surface area contributed by atoms with Crippen molar-refractivity contribution >= 4 is 33.4 Å². The predicted octanol–water partition coefficient (Wildman–Crippen LogP) is 3.92. The van der Waals surface area contributed by atoms with Crippen LogP contribution >= 0.6 is 27.5 Å². The van der Waals surface area contributed by atoms with Crippen LogP contribution in [0.2, 0.25) is 5.02 Å². The van der Waals surface area contributed by atoms with Crippen molar-refractivity contribution in [1.29, 1.82) is 0 Å². The van der Waals surface area contributed by atoms with E-state index in [-0.39, 0.29) is 19.1 Å². The molecule has 0 fully saturated rings. The normalized spacial score (nSPS) is 9.62. The molecule has 2 rings (SSSR count). The van der Waals surface area contributed by atoms with Gasteiger partial charge in [-0.05, 0) is 36.4 Å². The van der Waals surface area contributed by atoms with Gasteiger partial charge in [0, 0.05) is 9.50 Å². The molecule has 0 radical (unpaired) electrons. The van der Waals surface area contributed by atoms with Crippen molar-refractivity contribution in [3.63, 3.8) is 0 Å². The Morgan fingerprint density at radius 3 is 2.83 bits per heavy atom. The highest BCUT2D eigenvalue weighted by atomic mass is 79.9. The molecule has 0 saturated heterocycles. The molecular formula is C18H15BrClNO3. The van der Waals surface area contributed by atoms with Gasteiger partial charge in [0.25, 0.3) is 5.91 Å².